The third-order valence-corrected chi connectivity index (χ3v) is 7.40. The molecular weight excluding hydrogens is 617 g/mol. The number of carboxylic acid groups (broad SMARTS) is 1. The van der Waals surface area contributed by atoms with E-state index in [9.17, 15) is 18.0 Å². The Morgan fingerprint density at radius 3 is 2.56 bits per heavy atom. The number of piperazine rings is 1. The number of rotatable bonds is 6. The molecule has 4 aromatic heterocycles. The van der Waals surface area contributed by atoms with Gasteiger partial charge >= 0.3 is 6.18 Å². The molecular formula is C28H28ClF3N10O3. The number of anilines is 2. The van der Waals surface area contributed by atoms with Crippen molar-refractivity contribution in [1.29, 1.82) is 0 Å². The van der Waals surface area contributed by atoms with Crippen molar-refractivity contribution in [3.63, 3.8) is 0 Å². The Hall–Kier alpha value is -4.96. The number of aromatic nitrogens is 7. The molecule has 0 atom stereocenters. The van der Waals surface area contributed by atoms with Crippen LogP contribution in [0.3, 0.4) is 0 Å². The number of halogens is 4. The maximum Gasteiger partial charge on any atom is 0.435 e. The molecule has 1 fully saturated rings. The summed E-state index contributed by atoms with van der Waals surface area (Å²) >= 11 is 6.48. The van der Waals surface area contributed by atoms with E-state index >= 15 is 0 Å². The summed E-state index contributed by atoms with van der Waals surface area (Å²) in [5.74, 6) is 0.149. The van der Waals surface area contributed by atoms with E-state index in [0.717, 1.165) is 18.8 Å². The number of nitrogens with zero attached hydrogens (tertiary/aromatic N) is 8. The van der Waals surface area contributed by atoms with Crippen molar-refractivity contribution in [2.45, 2.75) is 19.6 Å². The number of imidazole rings is 1. The highest BCUT2D eigenvalue weighted by atomic mass is 35.5. The Morgan fingerprint density at radius 1 is 1.18 bits per heavy atom. The molecule has 0 aliphatic carbocycles. The van der Waals surface area contributed by atoms with Crippen LogP contribution in [0.15, 0.2) is 49.1 Å². The number of aryl methyl sites for hydroxylation is 2. The minimum Gasteiger partial charge on any atom is -0.483 e. The number of amides is 1. The van der Waals surface area contributed by atoms with Crippen LogP contribution in [0.1, 0.15) is 27.4 Å². The van der Waals surface area contributed by atoms with Gasteiger partial charge in [0.05, 0.1) is 40.3 Å². The number of carbonyl (C=O) groups excluding carboxylic acids is 1. The quantitative estimate of drug-likeness (QED) is 0.235. The van der Waals surface area contributed by atoms with Crippen molar-refractivity contribution in [2.24, 2.45) is 7.05 Å². The number of nitrogens with one attached hydrogen (secondary N) is 2. The van der Waals surface area contributed by atoms with Crippen LogP contribution >= 0.6 is 11.6 Å². The highest BCUT2D eigenvalue weighted by Crippen LogP contribution is 2.37. The Bertz CT molecular complexity index is 1820. The van der Waals surface area contributed by atoms with Gasteiger partial charge in [0.2, 0.25) is 0 Å². The van der Waals surface area contributed by atoms with E-state index in [-0.39, 0.29) is 35.2 Å². The molecule has 5 aromatic rings. The summed E-state index contributed by atoms with van der Waals surface area (Å²) in [5, 5.41) is 21.7. The van der Waals surface area contributed by atoms with Gasteiger partial charge in [-0.2, -0.15) is 23.4 Å². The summed E-state index contributed by atoms with van der Waals surface area (Å²) in [6.07, 6.45) is 0.993. The molecule has 0 spiro atoms. The van der Waals surface area contributed by atoms with Gasteiger partial charge in [-0.05, 0) is 31.2 Å². The molecule has 236 valence electrons. The van der Waals surface area contributed by atoms with Gasteiger partial charge in [-0.3, -0.25) is 23.4 Å². The van der Waals surface area contributed by atoms with Gasteiger partial charge in [0.15, 0.2) is 17.2 Å². The summed E-state index contributed by atoms with van der Waals surface area (Å²) in [7, 11) is 1.77. The second-order valence-corrected chi connectivity index (χ2v) is 10.5. The fraction of sp³-hybridized carbons (Fsp3) is 0.286. The maximum atomic E-state index is 14.1. The topological polar surface area (TPSA) is 148 Å². The second-order valence-electron chi connectivity index (χ2n) is 10.1. The zero-order valence-electron chi connectivity index (χ0n) is 24.1. The Morgan fingerprint density at radius 2 is 1.91 bits per heavy atom. The number of fused-ring (bicyclic) bond motifs is 1. The number of hydrogen-bond acceptors (Lipinski definition) is 8. The van der Waals surface area contributed by atoms with Gasteiger partial charge in [-0.1, -0.05) is 11.6 Å². The Balaban J connectivity index is 0.00000128. The third-order valence-electron chi connectivity index (χ3n) is 7.09. The smallest absolute Gasteiger partial charge is 0.435 e. The molecule has 1 aromatic carbocycles. The number of hydrogen-bond donors (Lipinski definition) is 3. The molecule has 1 amide bonds. The van der Waals surface area contributed by atoms with Gasteiger partial charge in [-0.15, -0.1) is 0 Å². The molecule has 6 rings (SSSR count). The molecule has 5 heterocycles. The van der Waals surface area contributed by atoms with Crippen LogP contribution in [0.25, 0.3) is 16.9 Å². The first-order chi connectivity index (χ1) is 21.5. The van der Waals surface area contributed by atoms with Crippen molar-refractivity contribution < 1.29 is 27.9 Å². The molecule has 17 heteroatoms. The zero-order valence-corrected chi connectivity index (χ0v) is 24.8. The van der Waals surface area contributed by atoms with Gasteiger partial charge < -0.3 is 20.6 Å². The lowest BCUT2D eigenvalue weighted by atomic mass is 10.1. The summed E-state index contributed by atoms with van der Waals surface area (Å²) < 4.78 is 46.6. The van der Waals surface area contributed by atoms with Crippen LogP contribution < -0.4 is 10.6 Å². The molecule has 13 nitrogen and oxygen atoms in total. The zero-order chi connectivity index (χ0) is 32.3. The van der Waals surface area contributed by atoms with Crippen LogP contribution in [0.4, 0.5) is 24.7 Å². The van der Waals surface area contributed by atoms with E-state index in [1.807, 2.05) is 6.92 Å². The average molecular weight is 645 g/mol. The molecule has 45 heavy (non-hydrogen) atoms. The van der Waals surface area contributed by atoms with E-state index in [0.29, 0.717) is 41.5 Å². The fourth-order valence-electron chi connectivity index (χ4n) is 4.93. The molecule has 0 saturated carbocycles. The van der Waals surface area contributed by atoms with Crippen molar-refractivity contribution >= 4 is 41.1 Å². The fourth-order valence-corrected chi connectivity index (χ4v) is 5.19. The van der Waals surface area contributed by atoms with E-state index in [4.69, 9.17) is 21.5 Å². The molecule has 0 radical (unpaired) electrons. The number of alkyl halides is 3. The maximum absolute atomic E-state index is 14.1. The first-order valence-corrected chi connectivity index (χ1v) is 14.0. The predicted molar refractivity (Wildman–Crippen MR) is 158 cm³/mol. The highest BCUT2D eigenvalue weighted by molar-refractivity contribution is 6.34. The molecule has 1 aliphatic heterocycles. The molecule has 1 aliphatic rings. The number of benzene rings is 1. The summed E-state index contributed by atoms with van der Waals surface area (Å²) in [5.41, 5.74) is 1.73. The largest absolute Gasteiger partial charge is 0.483 e. The van der Waals surface area contributed by atoms with Gasteiger partial charge in [0, 0.05) is 63.2 Å². The average Bonchev–Trinajstić information content (AvgIpc) is 3.70. The SMILES string of the molecule is Cc1cc(Cn2cc(-c3cnc4c(Nc5ccc(C(=O)N6CCNCC6)c(Cl)c5)nccn34)c(C(F)(F)F)n2)nn1C.O=CO. The molecule has 0 unspecified atom stereocenters. The van der Waals surface area contributed by atoms with Crippen LogP contribution in [0.2, 0.25) is 5.02 Å². The van der Waals surface area contributed by atoms with Crippen LogP contribution in [-0.4, -0.2) is 82.5 Å². The Labute approximate surface area is 259 Å². The summed E-state index contributed by atoms with van der Waals surface area (Å²) in [6.45, 7) is 4.33. The van der Waals surface area contributed by atoms with E-state index in [1.54, 1.807) is 40.9 Å². The van der Waals surface area contributed by atoms with E-state index in [1.165, 1.54) is 33.9 Å². The molecule has 3 N–H and O–H groups in total. The number of carbonyl (C=O) groups is 2. The summed E-state index contributed by atoms with van der Waals surface area (Å²) in [4.78, 5) is 31.7. The predicted octanol–water partition coefficient (Wildman–Crippen LogP) is 3.85. The van der Waals surface area contributed by atoms with Gasteiger partial charge in [0.25, 0.3) is 12.4 Å². The normalized spacial score (nSPS) is 13.4. The van der Waals surface area contributed by atoms with Crippen molar-refractivity contribution in [2.75, 3.05) is 31.5 Å². The monoisotopic (exact) mass is 644 g/mol. The standard InChI is InChI=1S/C27H26ClF3N10O.CH2O2/c1-16-11-18(36-38(16)2)14-40-15-20(23(37-40)27(29,30)31)22-13-34-25-24(33-7-10-41(22)25)35-17-3-4-19(21(28)12-17)26(42)39-8-5-32-6-9-39;2-1-3/h3-4,7,10-13,15,32H,5-6,8-9,14H2,1-2H3,(H,33,35);1H,(H,2,3). The second kappa shape index (κ2) is 13.0. The lowest BCUT2D eigenvalue weighted by Crippen LogP contribution is -2.46. The highest BCUT2D eigenvalue weighted by Gasteiger charge is 2.38. The van der Waals surface area contributed by atoms with Crippen molar-refractivity contribution in [3.8, 4) is 11.3 Å². The third kappa shape index (κ3) is 6.76. The Kier molecular flexibility index (Phi) is 9.06. The van der Waals surface area contributed by atoms with Gasteiger partial charge in [-0.25, -0.2) is 9.97 Å². The molecule has 1 saturated heterocycles. The van der Waals surface area contributed by atoms with Crippen LogP contribution in [0.5, 0.6) is 0 Å². The molecule has 0 bridgehead atoms. The van der Waals surface area contributed by atoms with E-state index < -0.39 is 11.9 Å². The van der Waals surface area contributed by atoms with Crippen molar-refractivity contribution in [1.82, 2.24) is 44.1 Å². The van der Waals surface area contributed by atoms with Gasteiger partial charge in [0.1, 0.15) is 0 Å². The first-order valence-electron chi connectivity index (χ1n) is 13.6. The minimum atomic E-state index is -4.69. The minimum absolute atomic E-state index is 0.0732. The van der Waals surface area contributed by atoms with Crippen LogP contribution in [-0.2, 0) is 24.6 Å². The van der Waals surface area contributed by atoms with Crippen molar-refractivity contribution in [3.05, 3.63) is 76.7 Å². The lowest BCUT2D eigenvalue weighted by molar-refractivity contribution is -0.141. The summed E-state index contributed by atoms with van der Waals surface area (Å²) in [6, 6.07) is 6.74. The lowest BCUT2D eigenvalue weighted by Gasteiger charge is -2.27. The van der Waals surface area contributed by atoms with Crippen LogP contribution in [0, 0.1) is 6.92 Å². The first kappa shape index (κ1) is 31.5. The van der Waals surface area contributed by atoms with E-state index in [2.05, 4.69) is 30.8 Å².